The van der Waals surface area contributed by atoms with Crippen LogP contribution in [0.15, 0.2) is 18.2 Å². The number of nitrogen functional groups attached to an aromatic ring is 1. The van der Waals surface area contributed by atoms with E-state index in [4.69, 9.17) is 10.5 Å². The molecule has 5 N–H and O–H groups in total. The van der Waals surface area contributed by atoms with Crippen LogP contribution in [0.5, 0.6) is 5.75 Å². The van der Waals surface area contributed by atoms with E-state index in [2.05, 4.69) is 16.0 Å². The molecule has 7 heteroatoms. The average Bonchev–Trinajstić information content (AvgIpc) is 2.62. The van der Waals surface area contributed by atoms with Crippen LogP contribution in [0.2, 0.25) is 0 Å². The van der Waals surface area contributed by atoms with Crippen LogP contribution in [0.25, 0.3) is 0 Å². The van der Waals surface area contributed by atoms with E-state index in [-0.39, 0.29) is 30.4 Å². The summed E-state index contributed by atoms with van der Waals surface area (Å²) in [6, 6.07) is 4.95. The van der Waals surface area contributed by atoms with E-state index in [9.17, 15) is 9.59 Å². The lowest BCUT2D eigenvalue weighted by molar-refractivity contribution is -0.116. The number of rotatable bonds is 6. The zero-order chi connectivity index (χ0) is 19.7. The van der Waals surface area contributed by atoms with Gasteiger partial charge < -0.3 is 26.4 Å². The van der Waals surface area contributed by atoms with Crippen LogP contribution in [-0.4, -0.2) is 31.1 Å². The maximum atomic E-state index is 12.4. The fraction of sp³-hybridized carbons (Fsp3) is 0.619. The highest BCUT2D eigenvalue weighted by Gasteiger charge is 2.51. The highest BCUT2D eigenvalue weighted by molar-refractivity contribution is 5.94. The second-order valence-electron chi connectivity index (χ2n) is 8.83. The third kappa shape index (κ3) is 4.03. The lowest BCUT2D eigenvalue weighted by Gasteiger charge is -2.56. The van der Waals surface area contributed by atoms with Gasteiger partial charge in [-0.15, -0.1) is 0 Å². The van der Waals surface area contributed by atoms with Crippen molar-refractivity contribution in [3.63, 3.8) is 0 Å². The number of amides is 3. The number of carbonyl (C=O) groups is 2. The van der Waals surface area contributed by atoms with Crippen molar-refractivity contribution in [3.8, 4) is 5.75 Å². The third-order valence-electron chi connectivity index (χ3n) is 6.59. The van der Waals surface area contributed by atoms with E-state index in [1.54, 1.807) is 25.3 Å². The Kier molecular flexibility index (Phi) is 5.08. The standard InChI is InChI=1S/C21H30N4O3/c1-28-16-2-3-17(22)18(9-16)24-19(26)4-5-23-20(27)25-21-10-13-6-14(11-21)8-15(7-13)12-21/h2-3,9,13-15H,4-8,10-12,22H2,1H3,(H,24,26)(H2,23,25,27). The second-order valence-corrected chi connectivity index (χ2v) is 8.83. The molecule has 1 aromatic rings. The number of hydrogen-bond donors (Lipinski definition) is 4. The van der Waals surface area contributed by atoms with Crippen LogP contribution in [-0.2, 0) is 4.79 Å². The molecule has 28 heavy (non-hydrogen) atoms. The molecule has 0 radical (unpaired) electrons. The first kappa shape index (κ1) is 18.9. The van der Waals surface area contributed by atoms with Gasteiger partial charge in [0.05, 0.1) is 18.5 Å². The quantitative estimate of drug-likeness (QED) is 0.564. The Hall–Kier alpha value is -2.44. The minimum absolute atomic E-state index is 0.0177. The van der Waals surface area contributed by atoms with Crippen molar-refractivity contribution in [1.82, 2.24) is 10.6 Å². The zero-order valence-electron chi connectivity index (χ0n) is 16.4. The average molecular weight is 386 g/mol. The summed E-state index contributed by atoms with van der Waals surface area (Å²) in [5, 5.41) is 8.87. The lowest BCUT2D eigenvalue weighted by atomic mass is 9.53. The van der Waals surface area contributed by atoms with Gasteiger partial charge in [0.1, 0.15) is 5.75 Å². The molecule has 0 aliphatic heterocycles. The van der Waals surface area contributed by atoms with Gasteiger partial charge in [0.25, 0.3) is 0 Å². The Morgan fingerprint density at radius 3 is 2.39 bits per heavy atom. The maximum Gasteiger partial charge on any atom is 0.315 e. The third-order valence-corrected chi connectivity index (χ3v) is 6.59. The van der Waals surface area contributed by atoms with Crippen LogP contribution >= 0.6 is 0 Å². The number of benzene rings is 1. The van der Waals surface area contributed by atoms with Crippen LogP contribution in [0.4, 0.5) is 16.2 Å². The van der Waals surface area contributed by atoms with Crippen LogP contribution in [0.1, 0.15) is 44.9 Å². The SMILES string of the molecule is COc1ccc(N)c(NC(=O)CCNC(=O)NC23CC4CC(CC(C4)C2)C3)c1. The molecule has 0 atom stereocenters. The predicted molar refractivity (Wildman–Crippen MR) is 108 cm³/mol. The van der Waals surface area contributed by atoms with Gasteiger partial charge in [-0.05, 0) is 68.4 Å². The number of ether oxygens (including phenoxy) is 1. The van der Waals surface area contributed by atoms with Gasteiger partial charge in [0.2, 0.25) is 5.91 Å². The Balaban J connectivity index is 1.23. The first-order chi connectivity index (χ1) is 13.4. The minimum atomic E-state index is -0.199. The monoisotopic (exact) mass is 386 g/mol. The molecule has 0 heterocycles. The number of anilines is 2. The molecule has 4 fully saturated rings. The van der Waals surface area contributed by atoms with E-state index >= 15 is 0 Å². The Bertz CT molecular complexity index is 729. The number of methoxy groups -OCH3 is 1. The molecule has 3 amide bonds. The zero-order valence-corrected chi connectivity index (χ0v) is 16.4. The number of nitrogens with one attached hydrogen (secondary N) is 3. The van der Waals surface area contributed by atoms with Crippen molar-refractivity contribution in [2.75, 3.05) is 24.7 Å². The summed E-state index contributed by atoms with van der Waals surface area (Å²) in [5.41, 5.74) is 6.86. The number of urea groups is 1. The van der Waals surface area contributed by atoms with Gasteiger partial charge in [-0.3, -0.25) is 4.79 Å². The fourth-order valence-electron chi connectivity index (χ4n) is 5.82. The number of hydrogen-bond acceptors (Lipinski definition) is 4. The van der Waals surface area contributed by atoms with Gasteiger partial charge in [-0.25, -0.2) is 4.79 Å². The summed E-state index contributed by atoms with van der Waals surface area (Å²) >= 11 is 0. The topological polar surface area (TPSA) is 105 Å². The van der Waals surface area contributed by atoms with Gasteiger partial charge >= 0.3 is 6.03 Å². The Morgan fingerprint density at radius 1 is 1.14 bits per heavy atom. The highest BCUT2D eigenvalue weighted by Crippen LogP contribution is 2.55. The molecular weight excluding hydrogens is 356 g/mol. The summed E-state index contributed by atoms with van der Waals surface area (Å²) in [5.74, 6) is 2.77. The molecule has 152 valence electrons. The molecule has 4 aliphatic carbocycles. The summed E-state index contributed by atoms with van der Waals surface area (Å²) in [6.45, 7) is 0.286. The van der Waals surface area contributed by atoms with Crippen molar-refractivity contribution in [2.24, 2.45) is 17.8 Å². The molecular formula is C21H30N4O3. The van der Waals surface area contributed by atoms with Crippen molar-refractivity contribution in [2.45, 2.75) is 50.5 Å². The largest absolute Gasteiger partial charge is 0.497 e. The van der Waals surface area contributed by atoms with Crippen molar-refractivity contribution < 1.29 is 14.3 Å². The minimum Gasteiger partial charge on any atom is -0.497 e. The van der Waals surface area contributed by atoms with Crippen molar-refractivity contribution in [3.05, 3.63) is 18.2 Å². The molecule has 0 saturated heterocycles. The molecule has 5 rings (SSSR count). The first-order valence-electron chi connectivity index (χ1n) is 10.2. The maximum absolute atomic E-state index is 12.4. The van der Waals surface area contributed by atoms with Gasteiger partial charge in [-0.2, -0.15) is 0 Å². The van der Waals surface area contributed by atoms with E-state index in [1.165, 1.54) is 19.3 Å². The van der Waals surface area contributed by atoms with E-state index < -0.39 is 0 Å². The molecule has 4 aliphatic rings. The predicted octanol–water partition coefficient (Wildman–Crippen LogP) is 2.87. The van der Waals surface area contributed by atoms with Crippen LogP contribution in [0, 0.1) is 17.8 Å². The smallest absolute Gasteiger partial charge is 0.315 e. The highest BCUT2D eigenvalue weighted by atomic mass is 16.5. The number of carbonyl (C=O) groups excluding carboxylic acids is 2. The molecule has 0 aromatic heterocycles. The molecule has 7 nitrogen and oxygen atoms in total. The summed E-state index contributed by atoms with van der Waals surface area (Å²) in [4.78, 5) is 24.6. The van der Waals surface area contributed by atoms with Gasteiger partial charge in [0.15, 0.2) is 0 Å². The molecule has 1 aromatic carbocycles. The summed E-state index contributed by atoms with van der Waals surface area (Å²) in [6.07, 6.45) is 7.55. The molecule has 4 saturated carbocycles. The van der Waals surface area contributed by atoms with Crippen molar-refractivity contribution >= 4 is 23.3 Å². The van der Waals surface area contributed by atoms with Crippen molar-refractivity contribution in [1.29, 1.82) is 0 Å². The Labute approximate surface area is 165 Å². The summed E-state index contributed by atoms with van der Waals surface area (Å²) in [7, 11) is 1.56. The van der Waals surface area contributed by atoms with Crippen LogP contribution in [0.3, 0.4) is 0 Å². The lowest BCUT2D eigenvalue weighted by Crippen LogP contribution is -2.61. The normalized spacial score (nSPS) is 30.0. The number of nitrogens with two attached hydrogens (primary N) is 1. The van der Waals surface area contributed by atoms with Crippen LogP contribution < -0.4 is 26.4 Å². The Morgan fingerprint density at radius 2 is 1.79 bits per heavy atom. The first-order valence-corrected chi connectivity index (χ1v) is 10.2. The molecule has 0 spiro atoms. The van der Waals surface area contributed by atoms with E-state index in [0.29, 0.717) is 17.1 Å². The van der Waals surface area contributed by atoms with E-state index in [0.717, 1.165) is 37.0 Å². The second kappa shape index (κ2) is 7.53. The van der Waals surface area contributed by atoms with Gasteiger partial charge in [-0.1, -0.05) is 0 Å². The molecule has 4 bridgehead atoms. The molecule has 0 unspecified atom stereocenters. The summed E-state index contributed by atoms with van der Waals surface area (Å²) < 4.78 is 5.15. The fourth-order valence-corrected chi connectivity index (χ4v) is 5.82. The van der Waals surface area contributed by atoms with E-state index in [1.807, 2.05) is 0 Å². The van der Waals surface area contributed by atoms with Gasteiger partial charge in [0, 0.05) is 24.6 Å².